The minimum atomic E-state index is -0.476. The minimum Gasteiger partial charge on any atom is -0.368 e. The molecule has 0 spiro atoms. The summed E-state index contributed by atoms with van der Waals surface area (Å²) in [7, 11) is 0. The normalized spacial score (nSPS) is 18.6. The van der Waals surface area contributed by atoms with Crippen molar-refractivity contribution in [2.45, 2.75) is 19.9 Å². The van der Waals surface area contributed by atoms with E-state index >= 15 is 0 Å². The van der Waals surface area contributed by atoms with Crippen LogP contribution in [0.1, 0.15) is 13.3 Å². The van der Waals surface area contributed by atoms with Crippen LogP contribution < -0.4 is 16.4 Å². The molecule has 1 aliphatic rings. The summed E-state index contributed by atoms with van der Waals surface area (Å²) in [5.41, 5.74) is 5.61. The lowest BCUT2D eigenvalue weighted by Gasteiger charge is -2.13. The highest BCUT2D eigenvalue weighted by atomic mass is 16.2. The molecule has 0 aliphatic carbocycles. The fourth-order valence-corrected chi connectivity index (χ4v) is 2.45. The summed E-state index contributed by atoms with van der Waals surface area (Å²) in [5.74, 6) is 0.0316. The van der Waals surface area contributed by atoms with Crippen molar-refractivity contribution in [1.82, 2.24) is 20.0 Å². The van der Waals surface area contributed by atoms with Crippen LogP contribution in [0.4, 0.5) is 10.5 Å². The molecule has 0 aromatic carbocycles. The van der Waals surface area contributed by atoms with Gasteiger partial charge in [0, 0.05) is 19.3 Å². The molecule has 116 valence electrons. The molecule has 8 nitrogen and oxygen atoms in total. The van der Waals surface area contributed by atoms with Crippen LogP contribution in [0, 0.1) is 5.92 Å². The van der Waals surface area contributed by atoms with E-state index < -0.39 is 5.91 Å². The molecule has 0 bridgehead atoms. The summed E-state index contributed by atoms with van der Waals surface area (Å²) in [5, 5.41) is 9.48. The van der Waals surface area contributed by atoms with E-state index in [1.807, 2.05) is 0 Å². The molecule has 21 heavy (non-hydrogen) atoms. The summed E-state index contributed by atoms with van der Waals surface area (Å²) >= 11 is 0. The fraction of sp³-hybridized carbons (Fsp3) is 0.615. The van der Waals surface area contributed by atoms with Crippen molar-refractivity contribution in [3.8, 4) is 0 Å². The number of nitrogens with two attached hydrogens (primary N) is 1. The van der Waals surface area contributed by atoms with Gasteiger partial charge in [-0.25, -0.2) is 4.79 Å². The van der Waals surface area contributed by atoms with E-state index in [0.29, 0.717) is 18.2 Å². The summed E-state index contributed by atoms with van der Waals surface area (Å²) < 4.78 is 1.38. The second kappa shape index (κ2) is 7.07. The monoisotopic (exact) mass is 294 g/mol. The number of hydrogen-bond donors (Lipinski definition) is 3. The predicted octanol–water partition coefficient (Wildman–Crippen LogP) is -0.168. The molecule has 1 aromatic rings. The van der Waals surface area contributed by atoms with Gasteiger partial charge in [0.2, 0.25) is 5.91 Å². The first-order chi connectivity index (χ1) is 10.1. The Kier molecular flexibility index (Phi) is 5.15. The summed E-state index contributed by atoms with van der Waals surface area (Å²) in [4.78, 5) is 24.9. The van der Waals surface area contributed by atoms with Gasteiger partial charge in [-0.1, -0.05) is 6.92 Å². The number of urea groups is 1. The molecule has 1 fully saturated rings. The largest absolute Gasteiger partial charge is 0.368 e. The lowest BCUT2D eigenvalue weighted by molar-refractivity contribution is -0.118. The number of carbonyl (C=O) groups is 2. The summed E-state index contributed by atoms with van der Waals surface area (Å²) in [6.45, 7) is 6.00. The standard InChI is InChI=1S/C13H22N6O2/c1-2-18-4-3-10(7-18)5-15-13(21)17-11-6-16-19(8-11)9-12(14)20/h6,8,10H,2-5,7,9H2,1H3,(H2,14,20)(H2,15,17,21)/t10-/m0/s1. The van der Waals surface area contributed by atoms with Crippen LogP contribution in [0.2, 0.25) is 0 Å². The number of likely N-dealkylation sites (tertiary alicyclic amines) is 1. The van der Waals surface area contributed by atoms with Gasteiger partial charge in [0.1, 0.15) is 6.54 Å². The van der Waals surface area contributed by atoms with Gasteiger partial charge in [-0.3, -0.25) is 9.48 Å². The molecule has 1 aromatic heterocycles. The van der Waals surface area contributed by atoms with Gasteiger partial charge in [0.05, 0.1) is 11.9 Å². The van der Waals surface area contributed by atoms with E-state index in [1.165, 1.54) is 10.9 Å². The lowest BCUT2D eigenvalue weighted by atomic mass is 10.1. The SMILES string of the molecule is CCN1CC[C@@H](CNC(=O)Nc2cnn(CC(N)=O)c2)C1. The van der Waals surface area contributed by atoms with E-state index in [4.69, 9.17) is 5.73 Å². The molecule has 3 amide bonds. The fourth-order valence-electron chi connectivity index (χ4n) is 2.45. The maximum Gasteiger partial charge on any atom is 0.319 e. The Labute approximate surface area is 123 Å². The van der Waals surface area contributed by atoms with Gasteiger partial charge in [-0.15, -0.1) is 0 Å². The van der Waals surface area contributed by atoms with Gasteiger partial charge in [-0.2, -0.15) is 5.10 Å². The van der Waals surface area contributed by atoms with E-state index in [2.05, 4.69) is 27.6 Å². The topological polar surface area (TPSA) is 105 Å². The van der Waals surface area contributed by atoms with Crippen LogP contribution in [0.3, 0.4) is 0 Å². The van der Waals surface area contributed by atoms with E-state index in [9.17, 15) is 9.59 Å². The van der Waals surface area contributed by atoms with Crippen LogP contribution in [0.15, 0.2) is 12.4 Å². The Morgan fingerprint density at radius 3 is 3.00 bits per heavy atom. The summed E-state index contributed by atoms with van der Waals surface area (Å²) in [6.07, 6.45) is 4.17. The highest BCUT2D eigenvalue weighted by Gasteiger charge is 2.21. The molecule has 1 atom stereocenters. The Bertz CT molecular complexity index is 501. The number of nitrogens with zero attached hydrogens (tertiary/aromatic N) is 3. The Morgan fingerprint density at radius 1 is 1.52 bits per heavy atom. The van der Waals surface area contributed by atoms with Crippen LogP contribution in [0.25, 0.3) is 0 Å². The Hall–Kier alpha value is -2.09. The molecule has 4 N–H and O–H groups in total. The van der Waals surface area contributed by atoms with Crippen molar-refractivity contribution in [1.29, 1.82) is 0 Å². The molecular formula is C13H22N6O2. The molecule has 0 unspecified atom stereocenters. The first kappa shape index (κ1) is 15.3. The number of aromatic nitrogens is 2. The van der Waals surface area contributed by atoms with Crippen molar-refractivity contribution in [2.75, 3.05) is 31.5 Å². The highest BCUT2D eigenvalue weighted by Crippen LogP contribution is 2.14. The van der Waals surface area contributed by atoms with Gasteiger partial charge in [-0.05, 0) is 25.4 Å². The number of nitrogens with one attached hydrogen (secondary N) is 2. The smallest absolute Gasteiger partial charge is 0.319 e. The minimum absolute atomic E-state index is 0.00176. The molecule has 1 saturated heterocycles. The van der Waals surface area contributed by atoms with Crippen LogP contribution in [-0.2, 0) is 11.3 Å². The maximum atomic E-state index is 11.8. The van der Waals surface area contributed by atoms with Gasteiger partial charge >= 0.3 is 6.03 Å². The quantitative estimate of drug-likeness (QED) is 0.677. The molecule has 8 heteroatoms. The average Bonchev–Trinajstić information content (AvgIpc) is 3.05. The predicted molar refractivity (Wildman–Crippen MR) is 78.7 cm³/mol. The molecule has 0 radical (unpaired) electrons. The zero-order valence-electron chi connectivity index (χ0n) is 12.2. The van der Waals surface area contributed by atoms with Gasteiger partial charge in [0.25, 0.3) is 0 Å². The number of carbonyl (C=O) groups excluding carboxylic acids is 2. The Balaban J connectivity index is 1.72. The number of hydrogen-bond acceptors (Lipinski definition) is 4. The Morgan fingerprint density at radius 2 is 2.33 bits per heavy atom. The second-order valence-electron chi connectivity index (χ2n) is 5.28. The lowest BCUT2D eigenvalue weighted by Crippen LogP contribution is -2.34. The molecule has 0 saturated carbocycles. The van der Waals surface area contributed by atoms with E-state index in [-0.39, 0.29) is 12.6 Å². The number of primary amides is 1. The van der Waals surface area contributed by atoms with Crippen molar-refractivity contribution in [2.24, 2.45) is 11.7 Å². The zero-order chi connectivity index (χ0) is 15.2. The first-order valence-electron chi connectivity index (χ1n) is 7.14. The third-order valence-electron chi connectivity index (χ3n) is 3.58. The number of rotatable bonds is 6. The second-order valence-corrected chi connectivity index (χ2v) is 5.28. The third-order valence-corrected chi connectivity index (χ3v) is 3.58. The molecule has 2 rings (SSSR count). The number of amides is 3. The van der Waals surface area contributed by atoms with E-state index in [1.54, 1.807) is 6.20 Å². The van der Waals surface area contributed by atoms with Gasteiger partial charge < -0.3 is 21.3 Å². The van der Waals surface area contributed by atoms with Crippen molar-refractivity contribution < 1.29 is 9.59 Å². The van der Waals surface area contributed by atoms with E-state index in [0.717, 1.165) is 26.1 Å². The first-order valence-corrected chi connectivity index (χ1v) is 7.14. The third kappa shape index (κ3) is 4.75. The van der Waals surface area contributed by atoms with Crippen molar-refractivity contribution in [3.05, 3.63) is 12.4 Å². The molecule has 1 aliphatic heterocycles. The molecular weight excluding hydrogens is 272 g/mol. The van der Waals surface area contributed by atoms with Crippen LogP contribution >= 0.6 is 0 Å². The summed E-state index contributed by atoms with van der Waals surface area (Å²) in [6, 6.07) is -0.261. The number of anilines is 1. The van der Waals surface area contributed by atoms with Crippen LogP contribution in [-0.4, -0.2) is 52.8 Å². The van der Waals surface area contributed by atoms with Gasteiger partial charge in [0.15, 0.2) is 0 Å². The van der Waals surface area contributed by atoms with Crippen molar-refractivity contribution in [3.63, 3.8) is 0 Å². The van der Waals surface area contributed by atoms with Crippen LogP contribution in [0.5, 0.6) is 0 Å². The average molecular weight is 294 g/mol. The highest BCUT2D eigenvalue weighted by molar-refractivity contribution is 5.88. The van der Waals surface area contributed by atoms with Crippen molar-refractivity contribution >= 4 is 17.6 Å². The zero-order valence-corrected chi connectivity index (χ0v) is 12.2. The maximum absolute atomic E-state index is 11.8. The molecule has 2 heterocycles.